The van der Waals surface area contributed by atoms with Gasteiger partial charge in [0, 0.05) is 13.2 Å². The predicted octanol–water partition coefficient (Wildman–Crippen LogP) is 1.68. The van der Waals surface area contributed by atoms with E-state index in [0.717, 1.165) is 11.5 Å². The molecule has 2 aromatic heterocycles. The highest BCUT2D eigenvalue weighted by Gasteiger charge is 1.99. The van der Waals surface area contributed by atoms with Crippen molar-refractivity contribution >= 4 is 11.5 Å². The third-order valence-electron chi connectivity index (χ3n) is 1.90. The molecule has 3 heteroatoms. The molecule has 0 saturated heterocycles. The number of fused-ring (bicyclic) bond motifs is 1. The first-order chi connectivity index (χ1) is 5.81. The summed E-state index contributed by atoms with van der Waals surface area (Å²) in [5.41, 5.74) is 2.35. The van der Waals surface area contributed by atoms with Gasteiger partial charge in [0.25, 0.3) is 0 Å². The summed E-state index contributed by atoms with van der Waals surface area (Å²) in [6.45, 7) is 2.07. The summed E-state index contributed by atoms with van der Waals surface area (Å²) < 4.78 is 2.04. The number of pyridine rings is 1. The first-order valence-electron chi connectivity index (χ1n) is 3.93. The van der Waals surface area contributed by atoms with Gasteiger partial charge in [0.15, 0.2) is 0 Å². The number of rotatable bonds is 1. The molecule has 0 aliphatic carbocycles. The van der Waals surface area contributed by atoms with Gasteiger partial charge in [0.05, 0.1) is 11.7 Å². The molecule has 0 amide bonds. The number of hydrogen-bond donors (Lipinski definition) is 1. The SMILES string of the molecule is CNc1ncc2ccc(C)cn12. The van der Waals surface area contributed by atoms with Gasteiger partial charge in [-0.25, -0.2) is 4.98 Å². The number of hydrogen-bond acceptors (Lipinski definition) is 2. The Morgan fingerprint density at radius 3 is 3.00 bits per heavy atom. The fourth-order valence-electron chi connectivity index (χ4n) is 1.28. The van der Waals surface area contributed by atoms with Crippen LogP contribution in [0.3, 0.4) is 0 Å². The average Bonchev–Trinajstić information content (AvgIpc) is 2.46. The molecule has 0 spiro atoms. The second kappa shape index (κ2) is 2.52. The summed E-state index contributed by atoms with van der Waals surface area (Å²) in [5, 5.41) is 3.03. The van der Waals surface area contributed by atoms with Crippen LogP contribution in [-0.2, 0) is 0 Å². The minimum absolute atomic E-state index is 0.883. The Morgan fingerprint density at radius 2 is 2.25 bits per heavy atom. The Kier molecular flexibility index (Phi) is 1.50. The van der Waals surface area contributed by atoms with Gasteiger partial charge in [-0.3, -0.25) is 4.40 Å². The first-order valence-corrected chi connectivity index (χ1v) is 3.93. The monoisotopic (exact) mass is 161 g/mol. The van der Waals surface area contributed by atoms with Gasteiger partial charge in [0.1, 0.15) is 0 Å². The Hall–Kier alpha value is -1.51. The van der Waals surface area contributed by atoms with Gasteiger partial charge in [0.2, 0.25) is 5.95 Å². The Bertz CT molecular complexity index is 403. The minimum atomic E-state index is 0.883. The van der Waals surface area contributed by atoms with E-state index in [9.17, 15) is 0 Å². The quantitative estimate of drug-likeness (QED) is 0.689. The van der Waals surface area contributed by atoms with Gasteiger partial charge in [-0.2, -0.15) is 0 Å². The van der Waals surface area contributed by atoms with Crippen molar-refractivity contribution in [2.45, 2.75) is 6.92 Å². The van der Waals surface area contributed by atoms with Crippen LogP contribution in [0.2, 0.25) is 0 Å². The van der Waals surface area contributed by atoms with E-state index in [4.69, 9.17) is 0 Å². The van der Waals surface area contributed by atoms with Crippen molar-refractivity contribution in [1.82, 2.24) is 9.38 Å². The molecule has 2 rings (SSSR count). The zero-order chi connectivity index (χ0) is 8.55. The molecule has 0 aromatic carbocycles. The van der Waals surface area contributed by atoms with Gasteiger partial charge < -0.3 is 5.32 Å². The van der Waals surface area contributed by atoms with Gasteiger partial charge in [-0.1, -0.05) is 6.07 Å². The van der Waals surface area contributed by atoms with Crippen LogP contribution in [0.15, 0.2) is 24.5 Å². The Morgan fingerprint density at radius 1 is 1.42 bits per heavy atom. The third kappa shape index (κ3) is 0.942. The van der Waals surface area contributed by atoms with E-state index < -0.39 is 0 Å². The molecule has 0 fully saturated rings. The molecule has 0 saturated carbocycles. The summed E-state index contributed by atoms with van der Waals surface area (Å²) in [6, 6.07) is 4.14. The second-order valence-electron chi connectivity index (χ2n) is 2.83. The van der Waals surface area contributed by atoms with Crippen molar-refractivity contribution in [3.63, 3.8) is 0 Å². The number of nitrogens with zero attached hydrogens (tertiary/aromatic N) is 2. The van der Waals surface area contributed by atoms with Gasteiger partial charge in [-0.15, -0.1) is 0 Å². The molecule has 0 aliphatic rings. The van der Waals surface area contributed by atoms with Crippen molar-refractivity contribution in [2.24, 2.45) is 0 Å². The maximum Gasteiger partial charge on any atom is 0.207 e. The number of imidazole rings is 1. The third-order valence-corrected chi connectivity index (χ3v) is 1.90. The topological polar surface area (TPSA) is 29.3 Å². The van der Waals surface area contributed by atoms with E-state index in [0.29, 0.717) is 0 Å². The van der Waals surface area contributed by atoms with E-state index in [1.54, 1.807) is 0 Å². The van der Waals surface area contributed by atoms with Crippen molar-refractivity contribution in [3.05, 3.63) is 30.1 Å². The lowest BCUT2D eigenvalue weighted by atomic mass is 10.3. The normalized spacial score (nSPS) is 10.5. The molecule has 0 unspecified atom stereocenters. The molecule has 0 bridgehead atoms. The van der Waals surface area contributed by atoms with Crippen LogP contribution in [0.1, 0.15) is 5.56 Å². The fraction of sp³-hybridized carbons (Fsp3) is 0.222. The molecule has 0 atom stereocenters. The summed E-state index contributed by atoms with van der Waals surface area (Å²) in [4.78, 5) is 4.21. The summed E-state index contributed by atoms with van der Waals surface area (Å²) in [5.74, 6) is 0.883. The highest BCUT2D eigenvalue weighted by atomic mass is 15.1. The number of nitrogens with one attached hydrogen (secondary N) is 1. The van der Waals surface area contributed by atoms with Crippen LogP contribution in [-0.4, -0.2) is 16.4 Å². The Balaban J connectivity index is 2.75. The molecular formula is C9H11N3. The van der Waals surface area contributed by atoms with Crippen LogP contribution in [0, 0.1) is 6.92 Å². The van der Waals surface area contributed by atoms with Crippen LogP contribution >= 0.6 is 0 Å². The van der Waals surface area contributed by atoms with Crippen molar-refractivity contribution in [3.8, 4) is 0 Å². The van der Waals surface area contributed by atoms with Crippen LogP contribution in [0.5, 0.6) is 0 Å². The Labute approximate surface area is 71.0 Å². The van der Waals surface area contributed by atoms with Crippen LogP contribution < -0.4 is 5.32 Å². The molecule has 2 aromatic rings. The summed E-state index contributed by atoms with van der Waals surface area (Å²) >= 11 is 0. The van der Waals surface area contributed by atoms with Crippen molar-refractivity contribution < 1.29 is 0 Å². The van der Waals surface area contributed by atoms with Crippen molar-refractivity contribution in [2.75, 3.05) is 12.4 Å². The van der Waals surface area contributed by atoms with E-state index in [1.807, 2.05) is 17.6 Å². The highest BCUT2D eigenvalue weighted by Crippen LogP contribution is 2.11. The lowest BCUT2D eigenvalue weighted by Crippen LogP contribution is -1.95. The fourth-order valence-corrected chi connectivity index (χ4v) is 1.28. The smallest absolute Gasteiger partial charge is 0.207 e. The van der Waals surface area contributed by atoms with Crippen molar-refractivity contribution in [1.29, 1.82) is 0 Å². The number of anilines is 1. The lowest BCUT2D eigenvalue weighted by Gasteiger charge is -1.99. The summed E-state index contributed by atoms with van der Waals surface area (Å²) in [6.07, 6.45) is 3.92. The summed E-state index contributed by atoms with van der Waals surface area (Å²) in [7, 11) is 1.87. The first kappa shape index (κ1) is 7.16. The van der Waals surface area contributed by atoms with Crippen LogP contribution in [0.25, 0.3) is 5.52 Å². The molecular weight excluding hydrogens is 150 g/mol. The average molecular weight is 161 g/mol. The van der Waals surface area contributed by atoms with Gasteiger partial charge in [-0.05, 0) is 18.6 Å². The highest BCUT2D eigenvalue weighted by molar-refractivity contribution is 5.52. The standard InChI is InChI=1S/C9H11N3/c1-7-3-4-8-5-11-9(10-2)12(8)6-7/h3-6H,1-2H3,(H,10,11). The molecule has 62 valence electrons. The van der Waals surface area contributed by atoms with Crippen LogP contribution in [0.4, 0.5) is 5.95 Å². The molecule has 2 heterocycles. The largest absolute Gasteiger partial charge is 0.358 e. The maximum absolute atomic E-state index is 4.21. The lowest BCUT2D eigenvalue weighted by molar-refractivity contribution is 1.12. The zero-order valence-electron chi connectivity index (χ0n) is 7.20. The molecule has 0 radical (unpaired) electrons. The zero-order valence-corrected chi connectivity index (χ0v) is 7.20. The van der Waals surface area contributed by atoms with E-state index in [1.165, 1.54) is 5.56 Å². The van der Waals surface area contributed by atoms with E-state index in [-0.39, 0.29) is 0 Å². The molecule has 12 heavy (non-hydrogen) atoms. The maximum atomic E-state index is 4.21. The minimum Gasteiger partial charge on any atom is -0.358 e. The van der Waals surface area contributed by atoms with E-state index in [2.05, 4.69) is 35.6 Å². The molecule has 3 nitrogen and oxygen atoms in total. The number of aryl methyl sites for hydroxylation is 1. The van der Waals surface area contributed by atoms with E-state index >= 15 is 0 Å². The molecule has 0 aliphatic heterocycles. The van der Waals surface area contributed by atoms with Gasteiger partial charge >= 0.3 is 0 Å². The predicted molar refractivity (Wildman–Crippen MR) is 49.5 cm³/mol. The number of aromatic nitrogens is 2. The molecule has 1 N–H and O–H groups in total. The second-order valence-corrected chi connectivity index (χ2v) is 2.83.